The van der Waals surface area contributed by atoms with Crippen molar-refractivity contribution in [3.8, 4) is 0 Å². The summed E-state index contributed by atoms with van der Waals surface area (Å²) in [5.74, 6) is -1.38. The third-order valence-electron chi connectivity index (χ3n) is 3.40. The molecule has 2 amide bonds. The fraction of sp³-hybridized carbons (Fsp3) is 0.0556. The van der Waals surface area contributed by atoms with Crippen LogP contribution in [0.15, 0.2) is 60.7 Å². The first-order chi connectivity index (χ1) is 11.6. The number of carbonyl (C=O) groups excluding carboxylic acids is 2. The number of pyridine rings is 1. The van der Waals surface area contributed by atoms with Gasteiger partial charge in [0.25, 0.3) is 5.91 Å². The van der Waals surface area contributed by atoms with Gasteiger partial charge in [-0.15, -0.1) is 0 Å². The van der Waals surface area contributed by atoms with E-state index in [2.05, 4.69) is 15.8 Å². The highest BCUT2D eigenvalue weighted by Gasteiger charge is 2.10. The molecule has 0 atom stereocenters. The van der Waals surface area contributed by atoms with Crippen LogP contribution >= 0.6 is 0 Å². The smallest absolute Gasteiger partial charge is 0.273 e. The molecule has 1 aromatic heterocycles. The Hall–Kier alpha value is -3.28. The molecule has 3 aromatic rings. The SMILES string of the molecule is O=C(Cc1cccc(F)c1)NNC(=O)c1ccc2ccccc2n1. The molecule has 0 aliphatic carbocycles. The number of rotatable bonds is 3. The quantitative estimate of drug-likeness (QED) is 0.727. The Balaban J connectivity index is 1.60. The summed E-state index contributed by atoms with van der Waals surface area (Å²) in [4.78, 5) is 28.1. The van der Waals surface area contributed by atoms with Crippen LogP contribution in [0.4, 0.5) is 4.39 Å². The van der Waals surface area contributed by atoms with Gasteiger partial charge in [0.05, 0.1) is 11.9 Å². The molecular weight excluding hydrogens is 309 g/mol. The minimum absolute atomic E-state index is 0.0385. The fourth-order valence-corrected chi connectivity index (χ4v) is 2.26. The van der Waals surface area contributed by atoms with E-state index in [-0.39, 0.29) is 12.1 Å². The molecule has 120 valence electrons. The van der Waals surface area contributed by atoms with E-state index < -0.39 is 17.6 Å². The van der Waals surface area contributed by atoms with E-state index in [4.69, 9.17) is 0 Å². The van der Waals surface area contributed by atoms with Gasteiger partial charge >= 0.3 is 0 Å². The Labute approximate surface area is 137 Å². The lowest BCUT2D eigenvalue weighted by Crippen LogP contribution is -2.42. The van der Waals surface area contributed by atoms with Gasteiger partial charge in [-0.2, -0.15) is 0 Å². The highest BCUT2D eigenvalue weighted by molar-refractivity contribution is 5.96. The standard InChI is InChI=1S/C18H14FN3O2/c19-14-6-3-4-12(10-14)11-17(23)21-22-18(24)16-9-8-13-5-1-2-7-15(13)20-16/h1-10H,11H2,(H,21,23)(H,22,24). The van der Waals surface area contributed by atoms with E-state index in [1.165, 1.54) is 18.2 Å². The highest BCUT2D eigenvalue weighted by atomic mass is 19.1. The van der Waals surface area contributed by atoms with Crippen LogP contribution in [0.5, 0.6) is 0 Å². The number of amides is 2. The van der Waals surface area contributed by atoms with Crippen LogP contribution in [0.3, 0.4) is 0 Å². The zero-order valence-electron chi connectivity index (χ0n) is 12.6. The average Bonchev–Trinajstić information content (AvgIpc) is 2.59. The molecule has 0 bridgehead atoms. The molecule has 0 aliphatic heterocycles. The van der Waals surface area contributed by atoms with Gasteiger partial charge in [0, 0.05) is 5.39 Å². The van der Waals surface area contributed by atoms with E-state index in [1.807, 2.05) is 18.2 Å². The minimum Gasteiger partial charge on any atom is -0.273 e. The first-order valence-electron chi connectivity index (χ1n) is 7.31. The molecule has 0 fully saturated rings. The van der Waals surface area contributed by atoms with Gasteiger partial charge in [-0.25, -0.2) is 9.37 Å². The first-order valence-corrected chi connectivity index (χ1v) is 7.31. The Bertz CT molecular complexity index is 911. The molecule has 0 spiro atoms. The van der Waals surface area contributed by atoms with Crippen LogP contribution in [-0.4, -0.2) is 16.8 Å². The van der Waals surface area contributed by atoms with Crippen molar-refractivity contribution in [3.05, 3.63) is 77.7 Å². The monoisotopic (exact) mass is 323 g/mol. The van der Waals surface area contributed by atoms with E-state index in [0.717, 1.165) is 5.39 Å². The first kappa shape index (κ1) is 15.6. The molecule has 24 heavy (non-hydrogen) atoms. The molecule has 1 heterocycles. The van der Waals surface area contributed by atoms with Gasteiger partial charge in [-0.3, -0.25) is 20.4 Å². The largest absolute Gasteiger partial charge is 0.288 e. The maximum Gasteiger partial charge on any atom is 0.288 e. The number of hydrogen-bond acceptors (Lipinski definition) is 3. The van der Waals surface area contributed by atoms with Gasteiger partial charge < -0.3 is 0 Å². The van der Waals surface area contributed by atoms with Crippen molar-refractivity contribution in [1.29, 1.82) is 0 Å². The number of nitrogens with zero attached hydrogens (tertiary/aromatic N) is 1. The van der Waals surface area contributed by atoms with Crippen molar-refractivity contribution < 1.29 is 14.0 Å². The van der Waals surface area contributed by atoms with Gasteiger partial charge in [-0.05, 0) is 29.8 Å². The molecular formula is C18H14FN3O2. The topological polar surface area (TPSA) is 71.1 Å². The summed E-state index contributed by atoms with van der Waals surface area (Å²) in [5, 5.41) is 0.921. The van der Waals surface area contributed by atoms with Crippen molar-refractivity contribution in [3.63, 3.8) is 0 Å². The molecule has 6 heteroatoms. The number of nitrogens with one attached hydrogen (secondary N) is 2. The van der Waals surface area contributed by atoms with Crippen LogP contribution in [0, 0.1) is 5.82 Å². The molecule has 5 nitrogen and oxygen atoms in total. The van der Waals surface area contributed by atoms with Crippen molar-refractivity contribution in [1.82, 2.24) is 15.8 Å². The predicted molar refractivity (Wildman–Crippen MR) is 87.5 cm³/mol. The number of para-hydroxylation sites is 1. The molecule has 2 N–H and O–H groups in total. The summed E-state index contributed by atoms with van der Waals surface area (Å²) in [5.41, 5.74) is 6.00. The number of carbonyl (C=O) groups is 2. The van der Waals surface area contributed by atoms with Gasteiger partial charge in [0.15, 0.2) is 0 Å². The lowest BCUT2D eigenvalue weighted by Gasteiger charge is -2.08. The Morgan fingerprint density at radius 1 is 0.958 bits per heavy atom. The second-order valence-electron chi connectivity index (χ2n) is 5.20. The van der Waals surface area contributed by atoms with Crippen LogP contribution in [0.25, 0.3) is 10.9 Å². The Morgan fingerprint density at radius 2 is 1.79 bits per heavy atom. The second kappa shape index (κ2) is 6.87. The fourth-order valence-electron chi connectivity index (χ4n) is 2.26. The summed E-state index contributed by atoms with van der Waals surface area (Å²) in [6, 6.07) is 16.5. The van der Waals surface area contributed by atoms with Crippen LogP contribution < -0.4 is 10.9 Å². The minimum atomic E-state index is -0.520. The Kier molecular flexibility index (Phi) is 4.47. The third-order valence-corrected chi connectivity index (χ3v) is 3.40. The number of halogens is 1. The van der Waals surface area contributed by atoms with E-state index in [0.29, 0.717) is 11.1 Å². The number of benzene rings is 2. The molecule has 2 aromatic carbocycles. The van der Waals surface area contributed by atoms with E-state index in [9.17, 15) is 14.0 Å². The van der Waals surface area contributed by atoms with Gasteiger partial charge in [-0.1, -0.05) is 36.4 Å². The van der Waals surface area contributed by atoms with Crippen molar-refractivity contribution >= 4 is 22.7 Å². The van der Waals surface area contributed by atoms with E-state index >= 15 is 0 Å². The molecule has 0 unspecified atom stereocenters. The van der Waals surface area contributed by atoms with Crippen molar-refractivity contribution in [2.24, 2.45) is 0 Å². The van der Waals surface area contributed by atoms with Gasteiger partial charge in [0.1, 0.15) is 11.5 Å². The maximum atomic E-state index is 13.1. The number of hydrogen-bond donors (Lipinski definition) is 2. The molecule has 0 aliphatic rings. The van der Waals surface area contributed by atoms with Gasteiger partial charge in [0.2, 0.25) is 5.91 Å². The predicted octanol–water partition coefficient (Wildman–Crippen LogP) is 2.38. The molecule has 0 saturated heterocycles. The third kappa shape index (κ3) is 3.73. The lowest BCUT2D eigenvalue weighted by molar-refractivity contribution is -0.121. The summed E-state index contributed by atoms with van der Waals surface area (Å²) in [7, 11) is 0. The van der Waals surface area contributed by atoms with Crippen LogP contribution in [0.2, 0.25) is 0 Å². The van der Waals surface area contributed by atoms with Crippen molar-refractivity contribution in [2.75, 3.05) is 0 Å². The zero-order valence-corrected chi connectivity index (χ0v) is 12.6. The summed E-state index contributed by atoms with van der Waals surface area (Å²) >= 11 is 0. The van der Waals surface area contributed by atoms with Crippen LogP contribution in [0.1, 0.15) is 16.1 Å². The maximum absolute atomic E-state index is 13.1. The summed E-state index contributed by atoms with van der Waals surface area (Å²) in [6.07, 6.45) is -0.0385. The molecule has 3 rings (SSSR count). The normalized spacial score (nSPS) is 10.4. The molecule has 0 radical (unpaired) electrons. The van der Waals surface area contributed by atoms with Crippen LogP contribution in [-0.2, 0) is 11.2 Å². The zero-order chi connectivity index (χ0) is 16.9. The summed E-state index contributed by atoms with van der Waals surface area (Å²) < 4.78 is 13.1. The summed E-state index contributed by atoms with van der Waals surface area (Å²) in [6.45, 7) is 0. The number of aromatic nitrogens is 1. The average molecular weight is 323 g/mol. The number of fused-ring (bicyclic) bond motifs is 1. The Morgan fingerprint density at radius 3 is 2.62 bits per heavy atom. The number of hydrazine groups is 1. The molecule has 0 saturated carbocycles. The highest BCUT2D eigenvalue weighted by Crippen LogP contribution is 2.11. The van der Waals surface area contributed by atoms with E-state index in [1.54, 1.807) is 24.3 Å². The second-order valence-corrected chi connectivity index (χ2v) is 5.20. The van der Waals surface area contributed by atoms with Crippen molar-refractivity contribution in [2.45, 2.75) is 6.42 Å². The lowest BCUT2D eigenvalue weighted by atomic mass is 10.1.